The van der Waals surface area contributed by atoms with Crippen LogP contribution in [0.2, 0.25) is 0 Å². The number of phenols is 1. The number of unbranched alkanes of at least 4 members (excludes halogenated alkanes) is 1. The Bertz CT molecular complexity index is 2390. The lowest BCUT2D eigenvalue weighted by molar-refractivity contribution is -0.150. The normalized spacial score (nSPS) is 19.3. The first-order valence-electron chi connectivity index (χ1n) is 27.1. The van der Waals surface area contributed by atoms with Gasteiger partial charge < -0.3 is 85.1 Å². The molecule has 11 amide bonds. The third-order valence-corrected chi connectivity index (χ3v) is 13.2. The van der Waals surface area contributed by atoms with Crippen molar-refractivity contribution in [3.63, 3.8) is 0 Å². The average Bonchev–Trinajstić information content (AvgIpc) is 3.49. The smallest absolute Gasteiger partial charge is 0.320 e. The van der Waals surface area contributed by atoms with E-state index in [4.69, 9.17) is 16.6 Å². The van der Waals surface area contributed by atoms with Crippen LogP contribution in [0.3, 0.4) is 0 Å². The van der Waals surface area contributed by atoms with E-state index in [1.54, 1.807) is 12.1 Å². The van der Waals surface area contributed by atoms with Gasteiger partial charge in [-0.25, -0.2) is 10.1 Å². The van der Waals surface area contributed by atoms with E-state index in [0.29, 0.717) is 17.0 Å². The molecule has 20 N–H and O–H groups in total. The van der Waals surface area contributed by atoms with E-state index in [0.717, 1.165) is 0 Å². The third-order valence-electron chi connectivity index (χ3n) is 13.2. The molecule has 83 heavy (non-hydrogen) atoms. The molecule has 9 atom stereocenters. The lowest BCUT2D eigenvalue weighted by atomic mass is 10.0. The quantitative estimate of drug-likeness (QED) is 0.0132. The topological polar surface area (TPSA) is 517 Å². The predicted molar refractivity (Wildman–Crippen MR) is 289 cm³/mol. The minimum atomic E-state index is -1.63. The second-order valence-electron chi connectivity index (χ2n) is 19.6. The first-order valence-corrected chi connectivity index (χ1v) is 27.1. The monoisotopic (exact) mass is 1180 g/mol. The van der Waals surface area contributed by atoms with Crippen molar-refractivity contribution in [2.45, 2.75) is 144 Å². The Kier molecular flexibility index (Phi) is 30.9. The molecule has 0 aliphatic carbocycles. The number of aliphatic carboxylic acids is 1. The van der Waals surface area contributed by atoms with Gasteiger partial charge in [0.05, 0.1) is 25.8 Å². The highest BCUT2D eigenvalue weighted by Gasteiger charge is 2.35. The molecule has 1 saturated heterocycles. The van der Waals surface area contributed by atoms with E-state index in [1.165, 1.54) is 12.1 Å². The van der Waals surface area contributed by atoms with Gasteiger partial charge in [0, 0.05) is 32.6 Å². The number of nitrogens with two attached hydrogens (primary N) is 2. The zero-order valence-corrected chi connectivity index (χ0v) is 45.8. The Morgan fingerprint density at radius 2 is 1.40 bits per heavy atom. The molecular weight excluding hydrogens is 1100 g/mol. The lowest BCUT2D eigenvalue weighted by Gasteiger charge is -2.30. The Morgan fingerprint density at radius 1 is 0.735 bits per heavy atom. The van der Waals surface area contributed by atoms with Gasteiger partial charge in [-0.05, 0) is 108 Å². The molecule has 462 valence electrons. The summed E-state index contributed by atoms with van der Waals surface area (Å²) < 4.78 is 0. The minimum absolute atomic E-state index is 0.0155. The molecule has 0 spiro atoms. The number of carbonyl (C=O) groups excluding carboxylic acids is 11. The molecule has 0 saturated carbocycles. The van der Waals surface area contributed by atoms with Gasteiger partial charge >= 0.3 is 5.97 Å². The summed E-state index contributed by atoms with van der Waals surface area (Å²) in [5.41, 5.74) is 11.9. The maximum atomic E-state index is 14.0. The van der Waals surface area contributed by atoms with Crippen molar-refractivity contribution < 1.29 is 88.4 Å². The molecule has 0 bridgehead atoms. The molecule has 2 heterocycles. The van der Waals surface area contributed by atoms with Gasteiger partial charge in [0.2, 0.25) is 66.0 Å². The summed E-state index contributed by atoms with van der Waals surface area (Å²) in [7, 11) is 0. The van der Waals surface area contributed by atoms with Crippen molar-refractivity contribution >= 4 is 77.8 Å². The van der Waals surface area contributed by atoms with Crippen molar-refractivity contribution in [2.75, 3.05) is 52.5 Å². The lowest BCUT2D eigenvalue weighted by Crippen LogP contribution is -2.60. The maximum absolute atomic E-state index is 14.0. The van der Waals surface area contributed by atoms with E-state index in [1.807, 2.05) is 0 Å². The van der Waals surface area contributed by atoms with Gasteiger partial charge in [0.15, 0.2) is 0 Å². The van der Waals surface area contributed by atoms with Crippen molar-refractivity contribution in [3.8, 4) is 5.75 Å². The number of carboxylic acid groups (broad SMARTS) is 1. The zero-order valence-electron chi connectivity index (χ0n) is 45.8. The minimum Gasteiger partial charge on any atom is -0.508 e. The van der Waals surface area contributed by atoms with Crippen LogP contribution in [0.4, 0.5) is 0 Å². The molecule has 1 aromatic rings. The van der Waals surface area contributed by atoms with E-state index in [2.05, 4.69) is 58.2 Å². The number of rotatable bonds is 34. The Labute approximate surface area is 477 Å². The summed E-state index contributed by atoms with van der Waals surface area (Å²) in [6.07, 6.45) is 0.458. The molecule has 1 aromatic carbocycles. The Hall–Kier alpha value is -8.11. The number of hydrogen-bond acceptors (Lipinski definition) is 21. The standard InChI is InChI=1S/C50H79N15O18/c51-18-3-1-7-32(59-49(79)39(26-67)63-48(78)36-17-20-53-42(58-36)37(23-29-11-13-30(70)14-12-29)57-40(71)16-15-31(52)50(80)81)43(73)55-24-41(72)56-33(9-5-21-64(82)27-68)45(75)60-34-8-2-4-19-54-44(74)38(25-66)62-47(77)35(61-46(34)76)10-6-22-65(83)28-69/h11-14,27-28,31-39,66-67,70,82-83H,1-10,15-26,51-52H2,(H,53,58)(H,54,74)(H,55,73)(H,56,72)(H,57,71)(H,59,79)(H,60,75)(H,61,76)(H,62,77)(H,63,78)(H,80,81)/t31-,32-,33-,34-,35-,36-,37+,38-,39+/m0/s1. The molecule has 0 radical (unpaired) electrons. The summed E-state index contributed by atoms with van der Waals surface area (Å²) in [6.45, 7) is -2.78. The van der Waals surface area contributed by atoms with Crippen LogP contribution < -0.4 is 64.6 Å². The second-order valence-corrected chi connectivity index (χ2v) is 19.6. The SMILES string of the molecule is NCCCC[C@H](NC(=O)[C@@H](CO)NC(=O)[C@@H]1CCN=C([C@@H](Cc2ccc(O)cc2)NC(=O)CC[C@H](N)C(=O)O)N1)C(=O)NCC(=O)N[C@@H](CCCN(O)C=O)C(=O)N[C@H]1CCCCNC(=O)[C@H](CO)NC(=O)[C@H](CCCN(O)C=O)NC1=O. The fraction of sp³-hybridized carbons (Fsp3) is 0.620. The highest BCUT2D eigenvalue weighted by Crippen LogP contribution is 2.15. The summed E-state index contributed by atoms with van der Waals surface area (Å²) in [5.74, 6) is -8.83. The number of phenolic OH excluding ortho intramolecular Hbond substituents is 1. The summed E-state index contributed by atoms with van der Waals surface area (Å²) in [5, 5.41) is 84.5. The number of aliphatic hydroxyl groups is 2. The zero-order chi connectivity index (χ0) is 61.4. The molecule has 33 heteroatoms. The van der Waals surface area contributed by atoms with Crippen LogP contribution in [0.25, 0.3) is 0 Å². The second kappa shape index (κ2) is 37.1. The van der Waals surface area contributed by atoms with Gasteiger partial charge in [0.25, 0.3) is 0 Å². The molecular formula is C50H79N15O18. The van der Waals surface area contributed by atoms with Crippen LogP contribution in [0.5, 0.6) is 5.75 Å². The van der Waals surface area contributed by atoms with Gasteiger partial charge in [-0.15, -0.1) is 0 Å². The number of aliphatic hydroxyl groups excluding tert-OH is 2. The Balaban J connectivity index is 1.74. The first-order chi connectivity index (χ1) is 39.6. The van der Waals surface area contributed by atoms with Crippen LogP contribution in [-0.4, -0.2) is 226 Å². The number of amides is 11. The predicted octanol–water partition coefficient (Wildman–Crippen LogP) is -6.93. The number of benzene rings is 1. The van der Waals surface area contributed by atoms with Crippen molar-refractivity contribution in [2.24, 2.45) is 16.5 Å². The first kappa shape index (κ1) is 69.2. The van der Waals surface area contributed by atoms with E-state index < -0.39 is 133 Å². The van der Waals surface area contributed by atoms with Crippen LogP contribution in [0.1, 0.15) is 89.0 Å². The third kappa shape index (κ3) is 25.3. The van der Waals surface area contributed by atoms with Crippen molar-refractivity contribution in [1.82, 2.24) is 63.3 Å². The summed E-state index contributed by atoms with van der Waals surface area (Å²) >= 11 is 0. The number of carbonyl (C=O) groups is 12. The average molecular weight is 1180 g/mol. The molecule has 1 fully saturated rings. The number of aromatic hydroxyl groups is 1. The molecule has 0 aromatic heterocycles. The van der Waals surface area contributed by atoms with E-state index >= 15 is 0 Å². The van der Waals surface area contributed by atoms with Crippen LogP contribution >= 0.6 is 0 Å². The van der Waals surface area contributed by atoms with Crippen LogP contribution in [0.15, 0.2) is 29.3 Å². The van der Waals surface area contributed by atoms with E-state index in [9.17, 15) is 83.3 Å². The van der Waals surface area contributed by atoms with Gasteiger partial charge in [0.1, 0.15) is 59.9 Å². The Morgan fingerprint density at radius 3 is 2.05 bits per heavy atom. The van der Waals surface area contributed by atoms with Crippen molar-refractivity contribution in [1.29, 1.82) is 0 Å². The number of carboxylic acids is 1. The maximum Gasteiger partial charge on any atom is 0.320 e. The van der Waals surface area contributed by atoms with Crippen molar-refractivity contribution in [3.05, 3.63) is 29.8 Å². The number of hydrogen-bond donors (Lipinski definition) is 18. The van der Waals surface area contributed by atoms with E-state index in [-0.39, 0.29) is 146 Å². The molecule has 0 unspecified atom stereocenters. The summed E-state index contributed by atoms with van der Waals surface area (Å²) in [6, 6.07) is -5.90. The number of nitrogens with one attached hydrogen (secondary N) is 10. The molecule has 2 aliphatic heterocycles. The molecule has 3 rings (SSSR count). The van der Waals surface area contributed by atoms with Crippen LogP contribution in [0, 0.1) is 0 Å². The molecule has 2 aliphatic rings. The number of aliphatic imine (C=N–C) groups is 1. The van der Waals surface area contributed by atoms with Gasteiger partial charge in [-0.1, -0.05) is 12.1 Å². The van der Waals surface area contributed by atoms with Gasteiger partial charge in [-0.2, -0.15) is 0 Å². The fourth-order valence-corrected chi connectivity index (χ4v) is 8.46. The fourth-order valence-electron chi connectivity index (χ4n) is 8.46. The highest BCUT2D eigenvalue weighted by molar-refractivity contribution is 5.99. The largest absolute Gasteiger partial charge is 0.508 e. The van der Waals surface area contributed by atoms with Gasteiger partial charge in [-0.3, -0.25) is 72.9 Å². The number of nitrogens with zero attached hydrogens (tertiary/aromatic N) is 3. The number of hydroxylamine groups is 4. The van der Waals surface area contributed by atoms with Crippen LogP contribution in [-0.2, 0) is 64.0 Å². The molecule has 33 nitrogen and oxygen atoms in total. The highest BCUT2D eigenvalue weighted by atomic mass is 16.5. The summed E-state index contributed by atoms with van der Waals surface area (Å²) in [4.78, 5) is 159. The number of amidine groups is 1.